The first kappa shape index (κ1) is 12.2. The summed E-state index contributed by atoms with van der Waals surface area (Å²) in [5.41, 5.74) is 5.53. The summed E-state index contributed by atoms with van der Waals surface area (Å²) < 4.78 is 0. The van der Waals surface area contributed by atoms with Crippen LogP contribution in [0.3, 0.4) is 0 Å². The maximum atomic E-state index is 11.6. The van der Waals surface area contributed by atoms with Gasteiger partial charge in [0.2, 0.25) is 5.91 Å². The summed E-state index contributed by atoms with van der Waals surface area (Å²) in [6, 6.07) is 0. The zero-order valence-electron chi connectivity index (χ0n) is 9.37. The predicted octanol–water partition coefficient (Wildman–Crippen LogP) is 1.44. The molecule has 0 saturated heterocycles. The van der Waals surface area contributed by atoms with Crippen molar-refractivity contribution in [1.29, 1.82) is 0 Å². The first-order valence-corrected chi connectivity index (χ1v) is 5.86. The fourth-order valence-electron chi connectivity index (χ4n) is 2.27. The van der Waals surface area contributed by atoms with Gasteiger partial charge in [0.1, 0.15) is 0 Å². The highest BCUT2D eigenvalue weighted by Crippen LogP contribution is 2.30. The van der Waals surface area contributed by atoms with Crippen LogP contribution in [0.15, 0.2) is 12.7 Å². The highest BCUT2D eigenvalue weighted by molar-refractivity contribution is 5.78. The van der Waals surface area contributed by atoms with E-state index in [1.165, 1.54) is 0 Å². The molecule has 1 aliphatic rings. The van der Waals surface area contributed by atoms with Gasteiger partial charge in [-0.05, 0) is 44.6 Å². The number of hydrogen-bond acceptors (Lipinski definition) is 2. The van der Waals surface area contributed by atoms with E-state index in [0.717, 1.165) is 44.6 Å². The lowest BCUT2D eigenvalue weighted by Gasteiger charge is -2.27. The molecule has 0 aliphatic heterocycles. The van der Waals surface area contributed by atoms with Gasteiger partial charge in [-0.15, -0.1) is 6.58 Å². The largest absolute Gasteiger partial charge is 0.352 e. The molecule has 0 radical (unpaired) electrons. The molecule has 3 nitrogen and oxygen atoms in total. The molecule has 0 heterocycles. The van der Waals surface area contributed by atoms with Crippen molar-refractivity contribution < 1.29 is 4.79 Å². The van der Waals surface area contributed by atoms with Gasteiger partial charge in [0.05, 0.1) is 0 Å². The molecule has 0 aromatic heterocycles. The summed E-state index contributed by atoms with van der Waals surface area (Å²) in [5, 5.41) is 2.87. The van der Waals surface area contributed by atoms with Crippen molar-refractivity contribution in [2.24, 2.45) is 17.6 Å². The van der Waals surface area contributed by atoms with E-state index in [4.69, 9.17) is 5.73 Å². The van der Waals surface area contributed by atoms with Crippen LogP contribution < -0.4 is 11.1 Å². The third-order valence-electron chi connectivity index (χ3n) is 3.21. The Bertz CT molecular complexity index is 208. The Labute approximate surface area is 92.1 Å². The van der Waals surface area contributed by atoms with Gasteiger partial charge in [0.25, 0.3) is 0 Å². The smallest absolute Gasteiger partial charge is 0.223 e. The molecule has 0 atom stereocenters. The van der Waals surface area contributed by atoms with Crippen LogP contribution in [0.2, 0.25) is 0 Å². The molecular formula is C12H22N2O. The van der Waals surface area contributed by atoms with E-state index in [1.807, 2.05) is 0 Å². The maximum Gasteiger partial charge on any atom is 0.223 e. The molecule has 86 valence electrons. The van der Waals surface area contributed by atoms with E-state index in [-0.39, 0.29) is 11.8 Å². The van der Waals surface area contributed by atoms with Gasteiger partial charge in [-0.2, -0.15) is 0 Å². The van der Waals surface area contributed by atoms with Crippen molar-refractivity contribution in [3.8, 4) is 0 Å². The van der Waals surface area contributed by atoms with E-state index in [1.54, 1.807) is 6.08 Å². The van der Waals surface area contributed by atoms with Crippen LogP contribution in [-0.2, 0) is 4.79 Å². The first-order chi connectivity index (χ1) is 7.27. The monoisotopic (exact) mass is 210 g/mol. The molecule has 1 rings (SSSR count). The first-order valence-electron chi connectivity index (χ1n) is 5.86. The second-order valence-electron chi connectivity index (χ2n) is 4.33. The normalized spacial score (nSPS) is 25.9. The van der Waals surface area contributed by atoms with Crippen LogP contribution in [0, 0.1) is 11.8 Å². The van der Waals surface area contributed by atoms with Crippen LogP contribution in [0.4, 0.5) is 0 Å². The fraction of sp³-hybridized carbons (Fsp3) is 0.750. The highest BCUT2D eigenvalue weighted by Gasteiger charge is 2.25. The molecule has 0 unspecified atom stereocenters. The molecule has 0 spiro atoms. The number of rotatable bonds is 5. The van der Waals surface area contributed by atoms with Gasteiger partial charge in [0, 0.05) is 12.5 Å². The lowest BCUT2D eigenvalue weighted by Crippen LogP contribution is -2.33. The summed E-state index contributed by atoms with van der Waals surface area (Å²) in [6.45, 7) is 4.95. The minimum absolute atomic E-state index is 0.195. The van der Waals surface area contributed by atoms with E-state index in [9.17, 15) is 4.79 Å². The Balaban J connectivity index is 2.24. The third-order valence-corrected chi connectivity index (χ3v) is 3.21. The summed E-state index contributed by atoms with van der Waals surface area (Å²) in [4.78, 5) is 11.6. The van der Waals surface area contributed by atoms with Crippen LogP contribution in [0.1, 0.15) is 32.1 Å². The Hall–Kier alpha value is -0.830. The molecule has 0 aromatic carbocycles. The second kappa shape index (κ2) is 6.62. The number of carbonyl (C=O) groups excluding carboxylic acids is 1. The second-order valence-corrected chi connectivity index (χ2v) is 4.33. The van der Waals surface area contributed by atoms with Crippen LogP contribution in [-0.4, -0.2) is 19.0 Å². The standard InChI is InChI=1S/C12H22N2O/c1-2-9-14-12(15)11-5-3-10(4-6-11)7-8-13/h2,10-11H,1,3-9,13H2,(H,14,15). The minimum atomic E-state index is 0.195. The lowest BCUT2D eigenvalue weighted by atomic mass is 9.80. The van der Waals surface area contributed by atoms with Crippen LogP contribution >= 0.6 is 0 Å². The van der Waals surface area contributed by atoms with Crippen molar-refractivity contribution in [3.63, 3.8) is 0 Å². The van der Waals surface area contributed by atoms with Crippen LogP contribution in [0.25, 0.3) is 0 Å². The van der Waals surface area contributed by atoms with E-state index < -0.39 is 0 Å². The van der Waals surface area contributed by atoms with Crippen molar-refractivity contribution in [1.82, 2.24) is 5.32 Å². The van der Waals surface area contributed by atoms with Gasteiger partial charge in [0.15, 0.2) is 0 Å². The van der Waals surface area contributed by atoms with Crippen molar-refractivity contribution in [2.45, 2.75) is 32.1 Å². The van der Waals surface area contributed by atoms with Gasteiger partial charge in [-0.1, -0.05) is 6.08 Å². The third kappa shape index (κ3) is 4.04. The van der Waals surface area contributed by atoms with Gasteiger partial charge >= 0.3 is 0 Å². The zero-order valence-corrected chi connectivity index (χ0v) is 9.37. The topological polar surface area (TPSA) is 55.1 Å². The minimum Gasteiger partial charge on any atom is -0.352 e. The van der Waals surface area contributed by atoms with Gasteiger partial charge < -0.3 is 11.1 Å². The number of nitrogens with two attached hydrogens (primary N) is 1. The molecule has 3 N–H and O–H groups in total. The molecule has 1 saturated carbocycles. The Morgan fingerprint density at radius 3 is 2.60 bits per heavy atom. The predicted molar refractivity (Wildman–Crippen MR) is 62.3 cm³/mol. The summed E-state index contributed by atoms with van der Waals surface area (Å²) >= 11 is 0. The van der Waals surface area contributed by atoms with Crippen molar-refractivity contribution in [2.75, 3.05) is 13.1 Å². The SMILES string of the molecule is C=CCNC(=O)C1CCC(CCN)CC1. The number of hydrogen-bond donors (Lipinski definition) is 2. The Kier molecular flexibility index (Phi) is 5.40. The quantitative estimate of drug-likeness (QED) is 0.675. The molecule has 0 aromatic rings. The average molecular weight is 210 g/mol. The number of nitrogens with one attached hydrogen (secondary N) is 1. The van der Waals surface area contributed by atoms with E-state index >= 15 is 0 Å². The molecule has 0 bridgehead atoms. The fourth-order valence-corrected chi connectivity index (χ4v) is 2.27. The lowest BCUT2D eigenvalue weighted by molar-refractivity contribution is -0.126. The average Bonchev–Trinajstić information content (AvgIpc) is 2.27. The van der Waals surface area contributed by atoms with Gasteiger partial charge in [-0.25, -0.2) is 0 Å². The summed E-state index contributed by atoms with van der Waals surface area (Å²) in [6.07, 6.45) is 7.19. The Morgan fingerprint density at radius 2 is 2.07 bits per heavy atom. The van der Waals surface area contributed by atoms with Crippen LogP contribution in [0.5, 0.6) is 0 Å². The maximum absolute atomic E-state index is 11.6. The summed E-state index contributed by atoms with van der Waals surface area (Å²) in [5.74, 6) is 1.17. The number of amides is 1. The van der Waals surface area contributed by atoms with E-state index in [0.29, 0.717) is 6.54 Å². The molecule has 1 amide bonds. The zero-order chi connectivity index (χ0) is 11.1. The number of carbonyl (C=O) groups is 1. The van der Waals surface area contributed by atoms with Crippen molar-refractivity contribution in [3.05, 3.63) is 12.7 Å². The molecule has 15 heavy (non-hydrogen) atoms. The summed E-state index contributed by atoms with van der Waals surface area (Å²) in [7, 11) is 0. The Morgan fingerprint density at radius 1 is 1.40 bits per heavy atom. The molecule has 1 fully saturated rings. The molecule has 1 aliphatic carbocycles. The highest BCUT2D eigenvalue weighted by atomic mass is 16.1. The van der Waals surface area contributed by atoms with Crippen molar-refractivity contribution >= 4 is 5.91 Å². The van der Waals surface area contributed by atoms with Gasteiger partial charge in [-0.3, -0.25) is 4.79 Å². The molecular weight excluding hydrogens is 188 g/mol. The molecule has 3 heteroatoms. The van der Waals surface area contributed by atoms with E-state index in [2.05, 4.69) is 11.9 Å².